The zero-order chi connectivity index (χ0) is 14.3. The molecular weight excluding hydrogens is 241 g/mol. The Balaban J connectivity index is 2.09. The zero-order valence-corrected chi connectivity index (χ0v) is 12.8. The Bertz CT molecular complexity index is 404. The molecule has 0 bridgehead atoms. The minimum Gasteiger partial charge on any atom is -0.367 e. The zero-order valence-electron chi connectivity index (χ0n) is 12.8. The maximum Gasteiger partial charge on any atom is 0.126 e. The van der Waals surface area contributed by atoms with Gasteiger partial charge < -0.3 is 4.74 Å². The van der Waals surface area contributed by atoms with Crippen LogP contribution in [0.3, 0.4) is 0 Å². The molecule has 2 rings (SSSR count). The van der Waals surface area contributed by atoms with Gasteiger partial charge >= 0.3 is 0 Å². The van der Waals surface area contributed by atoms with Crippen LogP contribution in [-0.2, 0) is 4.74 Å². The van der Waals surface area contributed by atoms with Crippen LogP contribution in [-0.4, -0.2) is 35.7 Å². The number of hydrogen-bond acceptors (Lipinski definition) is 2. The van der Waals surface area contributed by atoms with Gasteiger partial charge in [0.25, 0.3) is 0 Å². The standard InChI is InChI=1S/C16H26FNO/c1-12-7-6-8-13(14(12)17)9-18-10-15(2,3)19-16(4,5)11-18/h8H,6-7,9-11H2,1-5H3. The highest BCUT2D eigenvalue weighted by Crippen LogP contribution is 2.31. The molecule has 2 nitrogen and oxygen atoms in total. The van der Waals surface area contributed by atoms with Crippen molar-refractivity contribution in [2.45, 2.75) is 58.7 Å². The van der Waals surface area contributed by atoms with Gasteiger partial charge in [0.05, 0.1) is 11.2 Å². The summed E-state index contributed by atoms with van der Waals surface area (Å²) in [5.74, 6) is 0.00774. The van der Waals surface area contributed by atoms with E-state index in [1.54, 1.807) is 0 Å². The summed E-state index contributed by atoms with van der Waals surface area (Å²) in [5, 5.41) is 0. The first-order valence-electron chi connectivity index (χ1n) is 7.16. The van der Waals surface area contributed by atoms with E-state index in [9.17, 15) is 4.39 Å². The van der Waals surface area contributed by atoms with Crippen molar-refractivity contribution in [3.05, 3.63) is 23.0 Å². The van der Waals surface area contributed by atoms with Crippen LogP contribution in [0.25, 0.3) is 0 Å². The van der Waals surface area contributed by atoms with Gasteiger partial charge in [-0.05, 0) is 58.6 Å². The molecule has 3 heteroatoms. The lowest BCUT2D eigenvalue weighted by molar-refractivity contribution is -0.178. The first-order valence-corrected chi connectivity index (χ1v) is 7.16. The van der Waals surface area contributed by atoms with E-state index in [0.29, 0.717) is 6.54 Å². The lowest BCUT2D eigenvalue weighted by atomic mass is 9.95. The summed E-state index contributed by atoms with van der Waals surface area (Å²) in [5.41, 5.74) is 1.40. The number of morpholine rings is 1. The molecule has 2 aliphatic rings. The summed E-state index contributed by atoms with van der Waals surface area (Å²) in [7, 11) is 0. The van der Waals surface area contributed by atoms with Crippen LogP contribution in [0.1, 0.15) is 47.5 Å². The van der Waals surface area contributed by atoms with Crippen molar-refractivity contribution in [3.8, 4) is 0 Å². The minimum absolute atomic E-state index is 0.00774. The summed E-state index contributed by atoms with van der Waals surface area (Å²) in [4.78, 5) is 2.31. The Hall–Kier alpha value is -0.670. The molecule has 0 aromatic heterocycles. The molecule has 0 radical (unpaired) electrons. The molecule has 0 saturated carbocycles. The second-order valence-electron chi connectivity index (χ2n) is 7.13. The van der Waals surface area contributed by atoms with Crippen molar-refractivity contribution in [2.24, 2.45) is 0 Å². The van der Waals surface area contributed by atoms with E-state index in [4.69, 9.17) is 4.74 Å². The van der Waals surface area contributed by atoms with Crippen molar-refractivity contribution < 1.29 is 9.13 Å². The second kappa shape index (κ2) is 5.02. The summed E-state index contributed by atoms with van der Waals surface area (Å²) in [6.07, 6.45) is 3.87. The summed E-state index contributed by atoms with van der Waals surface area (Å²) in [6, 6.07) is 0. The highest BCUT2D eigenvalue weighted by Gasteiger charge is 2.38. The van der Waals surface area contributed by atoms with Crippen molar-refractivity contribution in [3.63, 3.8) is 0 Å². The van der Waals surface area contributed by atoms with Crippen LogP contribution in [0.2, 0.25) is 0 Å². The maximum absolute atomic E-state index is 14.1. The molecule has 0 aromatic carbocycles. The first kappa shape index (κ1) is 14.7. The number of halogens is 1. The molecule has 1 aliphatic heterocycles. The third kappa shape index (κ3) is 3.67. The molecule has 108 valence electrons. The molecule has 1 fully saturated rings. The second-order valence-corrected chi connectivity index (χ2v) is 7.13. The lowest BCUT2D eigenvalue weighted by Gasteiger charge is -2.47. The average Bonchev–Trinajstić information content (AvgIpc) is 2.20. The predicted molar refractivity (Wildman–Crippen MR) is 76.8 cm³/mol. The van der Waals surface area contributed by atoms with Crippen LogP contribution in [0.4, 0.5) is 4.39 Å². The molecule has 0 amide bonds. The monoisotopic (exact) mass is 267 g/mol. The van der Waals surface area contributed by atoms with Crippen LogP contribution < -0.4 is 0 Å². The van der Waals surface area contributed by atoms with E-state index < -0.39 is 0 Å². The molecule has 0 N–H and O–H groups in total. The van der Waals surface area contributed by atoms with Crippen LogP contribution in [0.5, 0.6) is 0 Å². The molecule has 0 aromatic rings. The van der Waals surface area contributed by atoms with Gasteiger partial charge in [-0.25, -0.2) is 4.39 Å². The predicted octanol–water partition coefficient (Wildman–Crippen LogP) is 3.84. The number of allylic oxidation sites excluding steroid dienone is 2. The molecular formula is C16H26FNO. The number of hydrogen-bond donors (Lipinski definition) is 0. The number of nitrogens with zero attached hydrogens (tertiary/aromatic N) is 1. The minimum atomic E-state index is -0.174. The fourth-order valence-electron chi connectivity index (χ4n) is 3.37. The largest absolute Gasteiger partial charge is 0.367 e. The van der Waals surface area contributed by atoms with E-state index >= 15 is 0 Å². The van der Waals surface area contributed by atoms with Crippen molar-refractivity contribution in [1.29, 1.82) is 0 Å². The molecule has 0 atom stereocenters. The molecule has 1 heterocycles. The van der Waals surface area contributed by atoms with Crippen LogP contribution in [0.15, 0.2) is 23.0 Å². The van der Waals surface area contributed by atoms with Gasteiger partial charge in [-0.15, -0.1) is 0 Å². The van der Waals surface area contributed by atoms with Gasteiger partial charge in [-0.1, -0.05) is 6.08 Å². The lowest BCUT2D eigenvalue weighted by Crippen LogP contribution is -2.57. The SMILES string of the molecule is CC1=C(F)C(CN2CC(C)(C)OC(C)(C)C2)=CCC1. The van der Waals surface area contributed by atoms with Gasteiger partial charge in [0.15, 0.2) is 0 Å². The summed E-state index contributed by atoms with van der Waals surface area (Å²) in [6.45, 7) is 12.7. The van der Waals surface area contributed by atoms with E-state index in [2.05, 4.69) is 38.7 Å². The fourth-order valence-corrected chi connectivity index (χ4v) is 3.37. The van der Waals surface area contributed by atoms with Gasteiger partial charge in [0.2, 0.25) is 0 Å². The molecule has 0 unspecified atom stereocenters. The van der Waals surface area contributed by atoms with Crippen molar-refractivity contribution >= 4 is 0 Å². The fraction of sp³-hybridized carbons (Fsp3) is 0.750. The summed E-state index contributed by atoms with van der Waals surface area (Å²) >= 11 is 0. The quantitative estimate of drug-likeness (QED) is 0.753. The summed E-state index contributed by atoms with van der Waals surface area (Å²) < 4.78 is 20.2. The van der Waals surface area contributed by atoms with Crippen molar-refractivity contribution in [2.75, 3.05) is 19.6 Å². The Morgan fingerprint density at radius 3 is 2.37 bits per heavy atom. The Labute approximate surface area is 116 Å². The van der Waals surface area contributed by atoms with E-state index in [1.165, 1.54) is 0 Å². The normalized spacial score (nSPS) is 27.4. The van der Waals surface area contributed by atoms with Gasteiger partial charge in [0, 0.05) is 19.6 Å². The van der Waals surface area contributed by atoms with Crippen molar-refractivity contribution in [1.82, 2.24) is 4.90 Å². The molecule has 0 spiro atoms. The first-order chi connectivity index (χ1) is 8.69. The Kier molecular flexibility index (Phi) is 3.90. The molecule has 1 aliphatic carbocycles. The Morgan fingerprint density at radius 2 is 1.79 bits per heavy atom. The average molecular weight is 267 g/mol. The topological polar surface area (TPSA) is 12.5 Å². The highest BCUT2D eigenvalue weighted by atomic mass is 19.1. The van der Waals surface area contributed by atoms with Gasteiger partial charge in [0.1, 0.15) is 5.83 Å². The maximum atomic E-state index is 14.1. The third-order valence-corrected chi connectivity index (χ3v) is 3.72. The molecule has 19 heavy (non-hydrogen) atoms. The molecule has 1 saturated heterocycles. The van der Waals surface area contributed by atoms with E-state index in [0.717, 1.165) is 37.1 Å². The van der Waals surface area contributed by atoms with Gasteiger partial charge in [-0.3, -0.25) is 4.90 Å². The number of rotatable bonds is 2. The van der Waals surface area contributed by atoms with Crippen LogP contribution in [0, 0.1) is 0 Å². The third-order valence-electron chi connectivity index (χ3n) is 3.72. The number of ether oxygens (including phenoxy) is 1. The highest BCUT2D eigenvalue weighted by molar-refractivity contribution is 5.34. The van der Waals surface area contributed by atoms with Gasteiger partial charge in [-0.2, -0.15) is 0 Å². The smallest absolute Gasteiger partial charge is 0.126 e. The van der Waals surface area contributed by atoms with E-state index in [1.807, 2.05) is 6.92 Å². The van der Waals surface area contributed by atoms with Crippen LogP contribution >= 0.6 is 0 Å². The van der Waals surface area contributed by atoms with E-state index in [-0.39, 0.29) is 17.0 Å². The Morgan fingerprint density at radius 1 is 1.21 bits per heavy atom.